The summed E-state index contributed by atoms with van der Waals surface area (Å²) in [6.07, 6.45) is 6.59. The summed E-state index contributed by atoms with van der Waals surface area (Å²) >= 11 is 0. The molecular weight excluding hydrogens is 203 g/mol. The maximum atomic E-state index is 13.0. The van der Waals surface area contributed by atoms with Crippen molar-refractivity contribution >= 4 is 0 Å². The van der Waals surface area contributed by atoms with Crippen LogP contribution in [-0.4, -0.2) is 6.61 Å². The molecule has 0 saturated heterocycles. The molecule has 0 radical (unpaired) electrons. The summed E-state index contributed by atoms with van der Waals surface area (Å²) in [6.45, 7) is 2.52. The fraction of sp³-hybridized carbons (Fsp3) is 0.571. The number of hydrogen-bond acceptors (Lipinski definition) is 1. The standard InChI is InChI=1S/C14H19FO/c1-11-10-13(6-7-14(11)15)16-9-8-12-4-2-3-5-12/h6-7,10,12H,2-5,8-9H2,1H3. The van der Waals surface area contributed by atoms with Crippen molar-refractivity contribution < 1.29 is 9.13 Å². The van der Waals surface area contributed by atoms with E-state index in [1.165, 1.54) is 31.7 Å². The lowest BCUT2D eigenvalue weighted by atomic mass is 10.1. The van der Waals surface area contributed by atoms with E-state index in [9.17, 15) is 4.39 Å². The summed E-state index contributed by atoms with van der Waals surface area (Å²) in [5.74, 6) is 1.47. The zero-order valence-electron chi connectivity index (χ0n) is 9.84. The fourth-order valence-electron chi connectivity index (χ4n) is 2.35. The Morgan fingerprint density at radius 3 is 2.75 bits per heavy atom. The zero-order chi connectivity index (χ0) is 11.4. The first kappa shape index (κ1) is 11.4. The number of rotatable bonds is 4. The molecule has 1 aliphatic rings. The van der Waals surface area contributed by atoms with E-state index in [4.69, 9.17) is 4.74 Å². The molecule has 0 spiro atoms. The van der Waals surface area contributed by atoms with Gasteiger partial charge in [-0.2, -0.15) is 0 Å². The first-order valence-electron chi connectivity index (χ1n) is 6.14. The van der Waals surface area contributed by atoms with Crippen molar-refractivity contribution in [3.63, 3.8) is 0 Å². The van der Waals surface area contributed by atoms with E-state index in [-0.39, 0.29) is 5.82 Å². The highest BCUT2D eigenvalue weighted by Gasteiger charge is 2.14. The predicted molar refractivity (Wildman–Crippen MR) is 63.2 cm³/mol. The molecule has 0 atom stereocenters. The van der Waals surface area contributed by atoms with Crippen molar-refractivity contribution in [1.29, 1.82) is 0 Å². The highest BCUT2D eigenvalue weighted by Crippen LogP contribution is 2.27. The van der Waals surface area contributed by atoms with Crippen LogP contribution in [0, 0.1) is 18.7 Å². The van der Waals surface area contributed by atoms with Crippen LogP contribution in [0.25, 0.3) is 0 Å². The molecule has 0 aromatic heterocycles. The number of halogens is 1. The second kappa shape index (κ2) is 5.33. The van der Waals surface area contributed by atoms with Gasteiger partial charge in [0.25, 0.3) is 0 Å². The van der Waals surface area contributed by atoms with Gasteiger partial charge in [-0.3, -0.25) is 0 Å². The number of benzene rings is 1. The molecule has 0 unspecified atom stereocenters. The maximum absolute atomic E-state index is 13.0. The molecule has 1 saturated carbocycles. The molecule has 0 heterocycles. The molecule has 0 N–H and O–H groups in total. The Morgan fingerprint density at radius 2 is 2.06 bits per heavy atom. The lowest BCUT2D eigenvalue weighted by Gasteiger charge is -2.10. The van der Waals surface area contributed by atoms with Gasteiger partial charge in [-0.25, -0.2) is 4.39 Å². The van der Waals surface area contributed by atoms with Gasteiger partial charge in [0.2, 0.25) is 0 Å². The lowest BCUT2D eigenvalue weighted by molar-refractivity contribution is 0.278. The van der Waals surface area contributed by atoms with Crippen LogP contribution >= 0.6 is 0 Å². The number of hydrogen-bond donors (Lipinski definition) is 0. The second-order valence-electron chi connectivity index (χ2n) is 4.70. The van der Waals surface area contributed by atoms with E-state index in [1.54, 1.807) is 19.1 Å². The quantitative estimate of drug-likeness (QED) is 0.745. The van der Waals surface area contributed by atoms with Gasteiger partial charge < -0.3 is 4.74 Å². The van der Waals surface area contributed by atoms with Gasteiger partial charge in [-0.15, -0.1) is 0 Å². The van der Waals surface area contributed by atoms with Gasteiger partial charge >= 0.3 is 0 Å². The summed E-state index contributed by atoms with van der Waals surface area (Å²) in [7, 11) is 0. The van der Waals surface area contributed by atoms with Gasteiger partial charge in [0.05, 0.1) is 6.61 Å². The van der Waals surface area contributed by atoms with E-state index in [0.717, 1.165) is 24.7 Å². The minimum Gasteiger partial charge on any atom is -0.494 e. The largest absolute Gasteiger partial charge is 0.494 e. The molecule has 1 fully saturated rings. The summed E-state index contributed by atoms with van der Waals surface area (Å²) in [5, 5.41) is 0. The van der Waals surface area contributed by atoms with Crippen LogP contribution < -0.4 is 4.74 Å². The molecule has 16 heavy (non-hydrogen) atoms. The third-order valence-corrected chi connectivity index (χ3v) is 3.40. The van der Waals surface area contributed by atoms with Crippen LogP contribution in [0.2, 0.25) is 0 Å². The summed E-state index contributed by atoms with van der Waals surface area (Å²) < 4.78 is 18.6. The minimum atomic E-state index is -0.164. The maximum Gasteiger partial charge on any atom is 0.126 e. The predicted octanol–water partition coefficient (Wildman–Crippen LogP) is 4.09. The third-order valence-electron chi connectivity index (χ3n) is 3.40. The zero-order valence-corrected chi connectivity index (χ0v) is 9.84. The number of aryl methyl sites for hydroxylation is 1. The molecular formula is C14H19FO. The van der Waals surface area contributed by atoms with E-state index in [1.807, 2.05) is 0 Å². The molecule has 1 aliphatic carbocycles. The molecule has 0 amide bonds. The molecule has 0 aliphatic heterocycles. The topological polar surface area (TPSA) is 9.23 Å². The van der Waals surface area contributed by atoms with Crippen molar-refractivity contribution in [1.82, 2.24) is 0 Å². The van der Waals surface area contributed by atoms with Crippen molar-refractivity contribution in [2.24, 2.45) is 5.92 Å². The van der Waals surface area contributed by atoms with Gasteiger partial charge in [0, 0.05) is 0 Å². The van der Waals surface area contributed by atoms with E-state index in [2.05, 4.69) is 0 Å². The Hall–Kier alpha value is -1.05. The molecule has 2 rings (SSSR count). The van der Waals surface area contributed by atoms with E-state index in [0.29, 0.717) is 5.56 Å². The van der Waals surface area contributed by atoms with Crippen LogP contribution in [0.15, 0.2) is 18.2 Å². The minimum absolute atomic E-state index is 0.164. The van der Waals surface area contributed by atoms with Crippen LogP contribution in [0.4, 0.5) is 4.39 Å². The molecule has 0 bridgehead atoms. The van der Waals surface area contributed by atoms with Crippen LogP contribution in [0.5, 0.6) is 5.75 Å². The summed E-state index contributed by atoms with van der Waals surface area (Å²) in [6, 6.07) is 4.95. The average Bonchev–Trinajstić information content (AvgIpc) is 2.76. The molecule has 1 aromatic rings. The van der Waals surface area contributed by atoms with Gasteiger partial charge in [0.15, 0.2) is 0 Å². The first-order chi connectivity index (χ1) is 7.75. The van der Waals surface area contributed by atoms with Crippen molar-refractivity contribution in [3.8, 4) is 5.75 Å². The normalized spacial score (nSPS) is 16.6. The van der Waals surface area contributed by atoms with Crippen LogP contribution in [0.1, 0.15) is 37.7 Å². The number of ether oxygens (including phenoxy) is 1. The van der Waals surface area contributed by atoms with Gasteiger partial charge in [-0.05, 0) is 43.0 Å². The molecule has 1 aromatic carbocycles. The first-order valence-corrected chi connectivity index (χ1v) is 6.14. The van der Waals surface area contributed by atoms with Crippen molar-refractivity contribution in [2.45, 2.75) is 39.0 Å². The van der Waals surface area contributed by atoms with Gasteiger partial charge in [-0.1, -0.05) is 25.7 Å². The average molecular weight is 222 g/mol. The van der Waals surface area contributed by atoms with Crippen LogP contribution in [0.3, 0.4) is 0 Å². The van der Waals surface area contributed by atoms with E-state index < -0.39 is 0 Å². The SMILES string of the molecule is Cc1cc(OCCC2CCCC2)ccc1F. The Morgan fingerprint density at radius 1 is 1.31 bits per heavy atom. The smallest absolute Gasteiger partial charge is 0.126 e. The Bertz CT molecular complexity index is 343. The van der Waals surface area contributed by atoms with Crippen molar-refractivity contribution in [3.05, 3.63) is 29.6 Å². The van der Waals surface area contributed by atoms with E-state index >= 15 is 0 Å². The highest BCUT2D eigenvalue weighted by atomic mass is 19.1. The Kier molecular flexibility index (Phi) is 3.81. The van der Waals surface area contributed by atoms with Crippen molar-refractivity contribution in [2.75, 3.05) is 6.61 Å². The highest BCUT2D eigenvalue weighted by molar-refractivity contribution is 5.28. The lowest BCUT2D eigenvalue weighted by Crippen LogP contribution is -2.04. The summed E-state index contributed by atoms with van der Waals surface area (Å²) in [4.78, 5) is 0. The molecule has 1 nitrogen and oxygen atoms in total. The third kappa shape index (κ3) is 2.97. The summed E-state index contributed by atoms with van der Waals surface area (Å²) in [5.41, 5.74) is 0.651. The van der Waals surface area contributed by atoms with Gasteiger partial charge in [0.1, 0.15) is 11.6 Å². The Labute approximate surface area is 96.6 Å². The Balaban J connectivity index is 1.78. The van der Waals surface area contributed by atoms with Crippen LogP contribution in [-0.2, 0) is 0 Å². The fourth-order valence-corrected chi connectivity index (χ4v) is 2.35. The second-order valence-corrected chi connectivity index (χ2v) is 4.70. The molecule has 88 valence electrons. The molecule has 2 heteroatoms. The monoisotopic (exact) mass is 222 g/mol.